The minimum absolute atomic E-state index is 0.0429. The highest BCUT2D eigenvalue weighted by Crippen LogP contribution is 2.27. The van der Waals surface area contributed by atoms with Crippen LogP contribution in [0.5, 0.6) is 0 Å². The lowest BCUT2D eigenvalue weighted by atomic mass is 10.1. The Morgan fingerprint density at radius 3 is 2.07 bits per heavy atom. The van der Waals surface area contributed by atoms with Crippen LogP contribution in [0.2, 0.25) is 10.0 Å². The van der Waals surface area contributed by atoms with Crippen LogP contribution in [0.3, 0.4) is 0 Å². The summed E-state index contributed by atoms with van der Waals surface area (Å²) >= 11 is 12.3. The molecular formula is C31H35Cl2N3O4S. The number of rotatable bonds is 10. The molecule has 2 amide bonds. The maximum atomic E-state index is 14.0. The Hall–Kier alpha value is -3.07. The van der Waals surface area contributed by atoms with E-state index in [1.165, 1.54) is 17.0 Å². The molecule has 0 aliphatic heterocycles. The second-order valence-corrected chi connectivity index (χ2v) is 13.3. The highest BCUT2D eigenvalue weighted by molar-refractivity contribution is 7.92. The van der Waals surface area contributed by atoms with Crippen LogP contribution in [0.25, 0.3) is 0 Å². The summed E-state index contributed by atoms with van der Waals surface area (Å²) in [6.45, 7) is 4.97. The highest BCUT2D eigenvalue weighted by Gasteiger charge is 2.33. The zero-order chi connectivity index (χ0) is 29.7. The molecule has 41 heavy (non-hydrogen) atoms. The summed E-state index contributed by atoms with van der Waals surface area (Å²) < 4.78 is 28.9. The normalized spacial score (nSPS) is 14.5. The lowest BCUT2D eigenvalue weighted by Gasteiger charge is -2.32. The third-order valence-electron chi connectivity index (χ3n) is 7.42. The van der Waals surface area contributed by atoms with Crippen LogP contribution in [-0.2, 0) is 26.2 Å². The molecule has 3 aromatic rings. The summed E-state index contributed by atoms with van der Waals surface area (Å²) in [5.74, 6) is -0.810. The van der Waals surface area contributed by atoms with Gasteiger partial charge in [-0.05, 0) is 75.6 Å². The molecule has 0 unspecified atom stereocenters. The largest absolute Gasteiger partial charge is 0.352 e. The molecule has 4 rings (SSSR count). The third kappa shape index (κ3) is 7.61. The van der Waals surface area contributed by atoms with Gasteiger partial charge in [-0.15, -0.1) is 0 Å². The van der Waals surface area contributed by atoms with E-state index in [1.54, 1.807) is 61.5 Å². The Kier molecular flexibility index (Phi) is 10.00. The third-order valence-corrected chi connectivity index (χ3v) is 9.94. The molecule has 3 aromatic carbocycles. The average molecular weight is 617 g/mol. The van der Waals surface area contributed by atoms with E-state index < -0.39 is 28.5 Å². The van der Waals surface area contributed by atoms with Gasteiger partial charge in [0.15, 0.2) is 0 Å². The number of carbonyl (C=O) groups excluding carboxylic acids is 2. The van der Waals surface area contributed by atoms with Crippen molar-refractivity contribution < 1.29 is 18.0 Å². The fourth-order valence-electron chi connectivity index (χ4n) is 4.89. The predicted molar refractivity (Wildman–Crippen MR) is 164 cm³/mol. The summed E-state index contributed by atoms with van der Waals surface area (Å²) in [7, 11) is -4.12. The van der Waals surface area contributed by atoms with Crippen molar-refractivity contribution in [3.63, 3.8) is 0 Å². The van der Waals surface area contributed by atoms with Crippen molar-refractivity contribution >= 4 is 50.7 Å². The number of carbonyl (C=O) groups is 2. The number of amides is 2. The number of hydrogen-bond donors (Lipinski definition) is 1. The molecule has 0 heterocycles. The molecule has 218 valence electrons. The Bertz CT molecular complexity index is 1490. The second-order valence-electron chi connectivity index (χ2n) is 10.6. The van der Waals surface area contributed by atoms with E-state index in [1.807, 2.05) is 13.8 Å². The van der Waals surface area contributed by atoms with E-state index in [0.717, 1.165) is 41.1 Å². The minimum atomic E-state index is -4.12. The fraction of sp³-hybridized carbons (Fsp3) is 0.355. The first-order valence-electron chi connectivity index (χ1n) is 13.7. The maximum absolute atomic E-state index is 14.0. The molecule has 1 aliphatic carbocycles. The summed E-state index contributed by atoms with van der Waals surface area (Å²) in [6.07, 6.45) is 3.89. The Balaban J connectivity index is 1.69. The van der Waals surface area contributed by atoms with Gasteiger partial charge in [0.1, 0.15) is 12.6 Å². The molecular weight excluding hydrogens is 581 g/mol. The van der Waals surface area contributed by atoms with Crippen molar-refractivity contribution in [2.45, 2.75) is 70.0 Å². The Morgan fingerprint density at radius 2 is 1.49 bits per heavy atom. The molecule has 0 aromatic heterocycles. The van der Waals surface area contributed by atoms with E-state index in [4.69, 9.17) is 23.2 Å². The van der Waals surface area contributed by atoms with Crippen LogP contribution in [0.1, 0.15) is 49.3 Å². The predicted octanol–water partition coefficient (Wildman–Crippen LogP) is 6.28. The smallest absolute Gasteiger partial charge is 0.264 e. The molecule has 0 spiro atoms. The number of nitrogens with one attached hydrogen (secondary N) is 1. The summed E-state index contributed by atoms with van der Waals surface area (Å²) in [5, 5.41) is 3.75. The first-order chi connectivity index (χ1) is 19.5. The molecule has 0 radical (unpaired) electrons. The lowest BCUT2D eigenvalue weighted by Crippen LogP contribution is -2.52. The van der Waals surface area contributed by atoms with Gasteiger partial charge in [0.2, 0.25) is 11.8 Å². The van der Waals surface area contributed by atoms with E-state index in [2.05, 4.69) is 5.32 Å². The number of halogens is 2. The number of nitrogens with zero attached hydrogens (tertiary/aromatic N) is 2. The quantitative estimate of drug-likeness (QED) is 0.291. The first-order valence-corrected chi connectivity index (χ1v) is 15.8. The summed E-state index contributed by atoms with van der Waals surface area (Å²) in [6, 6.07) is 17.6. The molecule has 7 nitrogen and oxygen atoms in total. The average Bonchev–Trinajstić information content (AvgIpc) is 3.45. The van der Waals surface area contributed by atoms with E-state index in [9.17, 15) is 18.0 Å². The zero-order valence-corrected chi connectivity index (χ0v) is 25.8. The minimum Gasteiger partial charge on any atom is -0.352 e. The summed E-state index contributed by atoms with van der Waals surface area (Å²) in [5.41, 5.74) is 2.88. The van der Waals surface area contributed by atoms with Crippen LogP contribution in [0.4, 0.5) is 5.69 Å². The fourth-order valence-corrected chi connectivity index (χ4v) is 6.62. The van der Waals surface area contributed by atoms with Crippen LogP contribution < -0.4 is 9.62 Å². The van der Waals surface area contributed by atoms with Crippen molar-refractivity contribution in [1.82, 2.24) is 10.2 Å². The van der Waals surface area contributed by atoms with Gasteiger partial charge in [-0.1, -0.05) is 77.5 Å². The van der Waals surface area contributed by atoms with Gasteiger partial charge in [-0.3, -0.25) is 13.9 Å². The van der Waals surface area contributed by atoms with Crippen molar-refractivity contribution in [1.29, 1.82) is 0 Å². The maximum Gasteiger partial charge on any atom is 0.264 e. The standard InChI is InChI=1S/C31H35Cl2N3O4S/c1-21-8-13-26(14-9-21)36(41(39,40)27-15-10-22(2)11-16-27)20-30(37)35(19-24-12-17-28(32)29(33)18-24)23(3)31(38)34-25-6-4-5-7-25/h8-18,23,25H,4-7,19-20H2,1-3H3,(H,34,38)/t23-/m1/s1. The Morgan fingerprint density at radius 1 is 0.902 bits per heavy atom. The molecule has 1 N–H and O–H groups in total. The lowest BCUT2D eigenvalue weighted by molar-refractivity contribution is -0.139. The highest BCUT2D eigenvalue weighted by atomic mass is 35.5. The van der Waals surface area contributed by atoms with Crippen molar-refractivity contribution in [2.75, 3.05) is 10.8 Å². The van der Waals surface area contributed by atoms with Crippen molar-refractivity contribution in [3.05, 3.63) is 93.5 Å². The molecule has 0 saturated heterocycles. The molecule has 1 aliphatic rings. The van der Waals surface area contributed by atoms with Gasteiger partial charge in [0.05, 0.1) is 20.6 Å². The monoisotopic (exact) mass is 615 g/mol. The van der Waals surface area contributed by atoms with E-state index >= 15 is 0 Å². The molecule has 1 saturated carbocycles. The molecule has 1 atom stereocenters. The van der Waals surface area contributed by atoms with Crippen LogP contribution in [-0.4, -0.2) is 43.8 Å². The van der Waals surface area contributed by atoms with Gasteiger partial charge >= 0.3 is 0 Å². The topological polar surface area (TPSA) is 86.8 Å². The molecule has 10 heteroatoms. The van der Waals surface area contributed by atoms with Crippen molar-refractivity contribution in [2.24, 2.45) is 0 Å². The van der Waals surface area contributed by atoms with Gasteiger partial charge in [0.25, 0.3) is 10.0 Å². The number of benzene rings is 3. The zero-order valence-electron chi connectivity index (χ0n) is 23.4. The second kappa shape index (κ2) is 13.3. The SMILES string of the molecule is Cc1ccc(N(CC(=O)N(Cc2ccc(Cl)c(Cl)c2)[C@H](C)C(=O)NC2CCCC2)S(=O)(=O)c2ccc(C)cc2)cc1. The van der Waals surface area contributed by atoms with Crippen LogP contribution in [0, 0.1) is 13.8 Å². The number of anilines is 1. The van der Waals surface area contributed by atoms with Gasteiger partial charge in [-0.2, -0.15) is 0 Å². The van der Waals surface area contributed by atoms with Crippen LogP contribution >= 0.6 is 23.2 Å². The van der Waals surface area contributed by atoms with E-state index in [-0.39, 0.29) is 23.4 Å². The molecule has 1 fully saturated rings. The molecule has 0 bridgehead atoms. The number of sulfonamides is 1. The Labute approximate surface area is 252 Å². The number of aryl methyl sites for hydroxylation is 2. The summed E-state index contributed by atoms with van der Waals surface area (Å²) in [4.78, 5) is 28.8. The van der Waals surface area contributed by atoms with Crippen molar-refractivity contribution in [3.8, 4) is 0 Å². The van der Waals surface area contributed by atoms with Gasteiger partial charge in [0, 0.05) is 12.6 Å². The van der Waals surface area contributed by atoms with Gasteiger partial charge in [-0.25, -0.2) is 8.42 Å². The van der Waals surface area contributed by atoms with Crippen LogP contribution in [0.15, 0.2) is 71.6 Å². The van der Waals surface area contributed by atoms with Gasteiger partial charge < -0.3 is 10.2 Å². The van der Waals surface area contributed by atoms with E-state index in [0.29, 0.717) is 21.3 Å². The number of hydrogen-bond acceptors (Lipinski definition) is 4. The first kappa shape index (κ1) is 30.9.